The van der Waals surface area contributed by atoms with Crippen LogP contribution in [0.15, 0.2) is 42.5 Å². The van der Waals surface area contributed by atoms with E-state index in [4.69, 9.17) is 5.73 Å². The molecule has 20 heavy (non-hydrogen) atoms. The van der Waals surface area contributed by atoms with Gasteiger partial charge in [-0.25, -0.2) is 0 Å². The molecule has 0 bridgehead atoms. The molecular weight excluding hydrogens is 242 g/mol. The summed E-state index contributed by atoms with van der Waals surface area (Å²) in [6.45, 7) is 8.70. The van der Waals surface area contributed by atoms with Crippen molar-refractivity contribution in [2.75, 3.05) is 0 Å². The molecule has 2 N–H and O–H groups in total. The normalized spacial score (nSPS) is 14.1. The van der Waals surface area contributed by atoms with E-state index in [2.05, 4.69) is 70.2 Å². The Morgan fingerprint density at radius 2 is 1.50 bits per heavy atom. The quantitative estimate of drug-likeness (QED) is 0.845. The summed E-state index contributed by atoms with van der Waals surface area (Å²) >= 11 is 0. The number of benzene rings is 2. The molecule has 0 radical (unpaired) electrons. The van der Waals surface area contributed by atoms with E-state index in [0.717, 1.165) is 6.42 Å². The lowest BCUT2D eigenvalue weighted by molar-refractivity contribution is 0.537. The second-order valence-electron chi connectivity index (χ2n) is 5.74. The zero-order valence-corrected chi connectivity index (χ0v) is 13.0. The minimum atomic E-state index is 0.0571. The third-order valence-electron chi connectivity index (χ3n) is 4.34. The molecule has 2 aromatic rings. The second-order valence-corrected chi connectivity index (χ2v) is 5.74. The third-order valence-corrected chi connectivity index (χ3v) is 4.34. The number of nitrogens with two attached hydrogens (primary N) is 1. The van der Waals surface area contributed by atoms with Crippen LogP contribution in [0.2, 0.25) is 0 Å². The van der Waals surface area contributed by atoms with Crippen LogP contribution in [0.3, 0.4) is 0 Å². The average Bonchev–Trinajstić information content (AvgIpc) is 2.44. The highest BCUT2D eigenvalue weighted by Crippen LogP contribution is 2.34. The van der Waals surface area contributed by atoms with E-state index in [9.17, 15) is 0 Å². The Hall–Kier alpha value is -1.60. The molecule has 0 aliphatic carbocycles. The van der Waals surface area contributed by atoms with E-state index in [0.29, 0.717) is 5.92 Å². The summed E-state index contributed by atoms with van der Waals surface area (Å²) in [5.74, 6) is 0.372. The van der Waals surface area contributed by atoms with E-state index in [1.54, 1.807) is 0 Å². The van der Waals surface area contributed by atoms with Crippen molar-refractivity contribution in [2.45, 2.75) is 46.1 Å². The van der Waals surface area contributed by atoms with Gasteiger partial charge in [-0.3, -0.25) is 0 Å². The summed E-state index contributed by atoms with van der Waals surface area (Å²) in [5.41, 5.74) is 13.2. The monoisotopic (exact) mass is 267 g/mol. The van der Waals surface area contributed by atoms with Crippen LogP contribution >= 0.6 is 0 Å². The third kappa shape index (κ3) is 2.94. The van der Waals surface area contributed by atoms with Gasteiger partial charge in [-0.05, 0) is 55.0 Å². The average molecular weight is 267 g/mol. The van der Waals surface area contributed by atoms with Crippen LogP contribution in [0, 0.1) is 20.8 Å². The van der Waals surface area contributed by atoms with Crippen molar-refractivity contribution in [1.82, 2.24) is 0 Å². The molecule has 1 nitrogen and oxygen atoms in total. The first kappa shape index (κ1) is 14.8. The molecule has 0 fully saturated rings. The van der Waals surface area contributed by atoms with Crippen molar-refractivity contribution < 1.29 is 0 Å². The largest absolute Gasteiger partial charge is 0.323 e. The summed E-state index contributed by atoms with van der Waals surface area (Å²) in [5, 5.41) is 0. The van der Waals surface area contributed by atoms with Crippen LogP contribution in [-0.4, -0.2) is 0 Å². The maximum atomic E-state index is 6.60. The van der Waals surface area contributed by atoms with Crippen molar-refractivity contribution in [3.8, 4) is 0 Å². The molecule has 2 atom stereocenters. The second kappa shape index (κ2) is 6.23. The Kier molecular flexibility index (Phi) is 4.61. The first-order valence-electron chi connectivity index (χ1n) is 7.42. The highest BCUT2D eigenvalue weighted by molar-refractivity contribution is 5.40. The molecular formula is C19H25N. The standard InChI is InChI=1S/C19H25N/c1-5-17(16-9-7-6-8-10-16)19(20)18-12-14(3)13(2)11-15(18)4/h6-12,17,19H,5,20H2,1-4H3. The lowest BCUT2D eigenvalue weighted by Gasteiger charge is -2.25. The van der Waals surface area contributed by atoms with Gasteiger partial charge in [0.25, 0.3) is 0 Å². The molecule has 0 heterocycles. The van der Waals surface area contributed by atoms with Crippen molar-refractivity contribution in [1.29, 1.82) is 0 Å². The van der Waals surface area contributed by atoms with Crippen LogP contribution in [-0.2, 0) is 0 Å². The van der Waals surface area contributed by atoms with Gasteiger partial charge in [-0.1, -0.05) is 49.4 Å². The van der Waals surface area contributed by atoms with Gasteiger partial charge in [0.05, 0.1) is 0 Å². The molecule has 0 aliphatic heterocycles. The number of rotatable bonds is 4. The van der Waals surface area contributed by atoms with Gasteiger partial charge in [-0.15, -0.1) is 0 Å². The Morgan fingerprint density at radius 1 is 0.900 bits per heavy atom. The minimum absolute atomic E-state index is 0.0571. The maximum absolute atomic E-state index is 6.60. The SMILES string of the molecule is CCC(c1ccccc1)C(N)c1cc(C)c(C)cc1C. The van der Waals surface area contributed by atoms with Gasteiger partial charge >= 0.3 is 0 Å². The predicted molar refractivity (Wildman–Crippen MR) is 87.1 cm³/mol. The fourth-order valence-electron chi connectivity index (χ4n) is 2.96. The van der Waals surface area contributed by atoms with Crippen molar-refractivity contribution in [3.63, 3.8) is 0 Å². The Labute approximate surface area is 122 Å². The molecule has 0 spiro atoms. The molecule has 0 aliphatic rings. The molecule has 2 unspecified atom stereocenters. The Bertz CT molecular complexity index is 572. The first-order chi connectivity index (χ1) is 9.54. The van der Waals surface area contributed by atoms with E-state index in [-0.39, 0.29) is 6.04 Å². The molecule has 2 rings (SSSR count). The molecule has 1 heteroatoms. The summed E-state index contributed by atoms with van der Waals surface area (Å²) < 4.78 is 0. The summed E-state index contributed by atoms with van der Waals surface area (Å²) in [6.07, 6.45) is 1.05. The highest BCUT2D eigenvalue weighted by atomic mass is 14.7. The Balaban J connectivity index is 2.39. The van der Waals surface area contributed by atoms with E-state index in [1.807, 2.05) is 0 Å². The van der Waals surface area contributed by atoms with Crippen LogP contribution < -0.4 is 5.73 Å². The Morgan fingerprint density at radius 3 is 2.10 bits per heavy atom. The zero-order chi connectivity index (χ0) is 14.7. The summed E-state index contributed by atoms with van der Waals surface area (Å²) in [6, 6.07) is 15.2. The van der Waals surface area contributed by atoms with Crippen LogP contribution in [0.4, 0.5) is 0 Å². The number of hydrogen-bond donors (Lipinski definition) is 1. The van der Waals surface area contributed by atoms with Crippen molar-refractivity contribution >= 4 is 0 Å². The van der Waals surface area contributed by atoms with E-state index >= 15 is 0 Å². The zero-order valence-electron chi connectivity index (χ0n) is 13.0. The first-order valence-corrected chi connectivity index (χ1v) is 7.42. The van der Waals surface area contributed by atoms with Gasteiger partial charge < -0.3 is 5.73 Å². The fraction of sp³-hybridized carbons (Fsp3) is 0.368. The van der Waals surface area contributed by atoms with Crippen molar-refractivity contribution in [3.05, 3.63) is 70.3 Å². The van der Waals surface area contributed by atoms with Gasteiger partial charge in [-0.2, -0.15) is 0 Å². The van der Waals surface area contributed by atoms with Gasteiger partial charge in [0.2, 0.25) is 0 Å². The lowest BCUT2D eigenvalue weighted by atomic mass is 9.83. The molecule has 0 aromatic heterocycles. The fourth-order valence-corrected chi connectivity index (χ4v) is 2.96. The van der Waals surface area contributed by atoms with Crippen molar-refractivity contribution in [2.24, 2.45) is 5.73 Å². The van der Waals surface area contributed by atoms with Gasteiger partial charge in [0.15, 0.2) is 0 Å². The highest BCUT2D eigenvalue weighted by Gasteiger charge is 2.21. The minimum Gasteiger partial charge on any atom is -0.323 e. The van der Waals surface area contributed by atoms with E-state index < -0.39 is 0 Å². The molecule has 0 amide bonds. The molecule has 0 saturated carbocycles. The predicted octanol–water partition coefficient (Wildman–Crippen LogP) is 4.81. The summed E-state index contributed by atoms with van der Waals surface area (Å²) in [4.78, 5) is 0. The van der Waals surface area contributed by atoms with E-state index in [1.165, 1.54) is 27.8 Å². The number of hydrogen-bond acceptors (Lipinski definition) is 1. The van der Waals surface area contributed by atoms with Crippen LogP contribution in [0.25, 0.3) is 0 Å². The lowest BCUT2D eigenvalue weighted by Crippen LogP contribution is -2.20. The maximum Gasteiger partial charge on any atom is 0.0367 e. The van der Waals surface area contributed by atoms with Gasteiger partial charge in [0.1, 0.15) is 0 Å². The van der Waals surface area contributed by atoms with Gasteiger partial charge in [0, 0.05) is 12.0 Å². The molecule has 106 valence electrons. The molecule has 0 saturated heterocycles. The van der Waals surface area contributed by atoms with Crippen LogP contribution in [0.1, 0.15) is 53.1 Å². The smallest absolute Gasteiger partial charge is 0.0367 e. The van der Waals surface area contributed by atoms with Crippen LogP contribution in [0.5, 0.6) is 0 Å². The topological polar surface area (TPSA) is 26.0 Å². The summed E-state index contributed by atoms with van der Waals surface area (Å²) in [7, 11) is 0. The number of aryl methyl sites for hydroxylation is 3. The molecule has 2 aromatic carbocycles.